The monoisotopic (exact) mass is 455 g/mol. The smallest absolute Gasteiger partial charge is 0.0963 e. The van der Waals surface area contributed by atoms with Crippen LogP contribution in [0.25, 0.3) is 11.3 Å². The van der Waals surface area contributed by atoms with Gasteiger partial charge >= 0.3 is 0 Å². The lowest BCUT2D eigenvalue weighted by Crippen LogP contribution is -2.33. The van der Waals surface area contributed by atoms with E-state index >= 15 is 0 Å². The van der Waals surface area contributed by atoms with Crippen molar-refractivity contribution in [2.75, 3.05) is 6.61 Å². The molecule has 4 heteroatoms. The van der Waals surface area contributed by atoms with Crippen LogP contribution in [0.5, 0.6) is 0 Å². The van der Waals surface area contributed by atoms with Gasteiger partial charge in [-0.25, -0.2) is 4.98 Å². The van der Waals surface area contributed by atoms with E-state index in [0.717, 1.165) is 24.5 Å². The Balaban J connectivity index is 1.41. The number of rotatable bonds is 7. The summed E-state index contributed by atoms with van der Waals surface area (Å²) in [6.07, 6.45) is 9.84. The van der Waals surface area contributed by atoms with Crippen LogP contribution in [0.2, 0.25) is 0 Å². The molecule has 2 aliphatic rings. The van der Waals surface area contributed by atoms with Crippen molar-refractivity contribution in [1.29, 1.82) is 0 Å². The summed E-state index contributed by atoms with van der Waals surface area (Å²) < 4.78 is 0. The van der Waals surface area contributed by atoms with E-state index in [9.17, 15) is 5.11 Å². The summed E-state index contributed by atoms with van der Waals surface area (Å²) >= 11 is 1.84. The van der Waals surface area contributed by atoms with E-state index in [2.05, 4.69) is 51.3 Å². The highest BCUT2D eigenvalue weighted by Gasteiger charge is 2.37. The number of nitrogens with zero attached hydrogens (tertiary/aromatic N) is 1. The largest absolute Gasteiger partial charge is 0.394 e. The number of hydrogen-bond donors (Lipinski definition) is 2. The summed E-state index contributed by atoms with van der Waals surface area (Å²) in [5, 5.41) is 22.1. The lowest BCUT2D eigenvalue weighted by Gasteiger charge is -2.42. The molecule has 1 aromatic heterocycles. The Kier molecular flexibility index (Phi) is 7.14. The molecule has 0 spiro atoms. The summed E-state index contributed by atoms with van der Waals surface area (Å²) in [7, 11) is 0. The molecule has 1 fully saturated rings. The minimum atomic E-state index is -0.541. The van der Waals surface area contributed by atoms with Gasteiger partial charge < -0.3 is 10.2 Å². The number of aromatic nitrogens is 1. The fourth-order valence-corrected chi connectivity index (χ4v) is 6.79. The Bertz CT molecular complexity index is 908. The molecule has 3 nitrogen and oxygen atoms in total. The molecular weight excluding hydrogens is 414 g/mol. The lowest BCUT2D eigenvalue weighted by atomic mass is 9.63. The molecule has 0 aliphatic heterocycles. The third kappa shape index (κ3) is 5.13. The molecule has 4 rings (SSSR count). The number of benzene rings is 1. The average Bonchev–Trinajstić information content (AvgIpc) is 3.27. The van der Waals surface area contributed by atoms with Crippen LogP contribution in [0.4, 0.5) is 0 Å². The highest BCUT2D eigenvalue weighted by molar-refractivity contribution is 7.10. The Morgan fingerprint density at radius 3 is 2.41 bits per heavy atom. The highest BCUT2D eigenvalue weighted by atomic mass is 32.1. The fraction of sp³-hybridized carbons (Fsp3) is 0.679. The van der Waals surface area contributed by atoms with Gasteiger partial charge in [0.25, 0.3) is 0 Å². The number of hydrogen-bond acceptors (Lipinski definition) is 4. The fourth-order valence-electron chi connectivity index (χ4n) is 5.79. The maximum absolute atomic E-state index is 9.54. The van der Waals surface area contributed by atoms with Crippen LogP contribution in [0.3, 0.4) is 0 Å². The van der Waals surface area contributed by atoms with Gasteiger partial charge in [0.2, 0.25) is 0 Å². The van der Waals surface area contributed by atoms with E-state index in [1.807, 2.05) is 11.3 Å². The number of aliphatic hydroxyl groups excluding tert-OH is 2. The molecule has 2 N–H and O–H groups in total. The summed E-state index contributed by atoms with van der Waals surface area (Å²) in [6, 6.07) is 7.08. The van der Waals surface area contributed by atoms with E-state index in [-0.39, 0.29) is 17.4 Å². The van der Waals surface area contributed by atoms with Gasteiger partial charge in [0, 0.05) is 16.9 Å². The molecular formula is C28H41NO2S. The first-order valence-corrected chi connectivity index (χ1v) is 13.5. The van der Waals surface area contributed by atoms with Gasteiger partial charge in [-0.15, -0.1) is 11.3 Å². The van der Waals surface area contributed by atoms with Gasteiger partial charge in [-0.05, 0) is 78.9 Å². The molecule has 2 aliphatic carbocycles. The molecule has 0 bridgehead atoms. The standard InChI is InChI=1S/C28H41NO2S/c1-27(2)14-15-28(3,4)24-16-21(12-13-23(24)27)25-18-32-26(29-25)20-10-8-19(9-11-20)6-5-7-22(31)17-30/h12-13,16,18-20,22,30-31H,5-11,14-15,17H2,1-4H3/t19?,20?,22-/m0/s1. The van der Waals surface area contributed by atoms with E-state index < -0.39 is 6.10 Å². The summed E-state index contributed by atoms with van der Waals surface area (Å²) in [5.41, 5.74) is 5.92. The first-order chi connectivity index (χ1) is 15.2. The maximum Gasteiger partial charge on any atom is 0.0963 e. The molecule has 0 saturated heterocycles. The van der Waals surface area contributed by atoms with Crippen molar-refractivity contribution in [2.24, 2.45) is 5.92 Å². The first kappa shape index (κ1) is 23.9. The maximum atomic E-state index is 9.54. The molecule has 1 saturated carbocycles. The van der Waals surface area contributed by atoms with Crippen LogP contribution in [0.1, 0.15) is 108 Å². The minimum Gasteiger partial charge on any atom is -0.394 e. The van der Waals surface area contributed by atoms with Crippen LogP contribution >= 0.6 is 11.3 Å². The zero-order valence-electron chi connectivity index (χ0n) is 20.4. The molecule has 176 valence electrons. The summed E-state index contributed by atoms with van der Waals surface area (Å²) in [4.78, 5) is 5.12. The van der Waals surface area contributed by atoms with Gasteiger partial charge in [0.1, 0.15) is 0 Å². The van der Waals surface area contributed by atoms with Crippen molar-refractivity contribution < 1.29 is 10.2 Å². The van der Waals surface area contributed by atoms with Crippen LogP contribution in [0.15, 0.2) is 23.6 Å². The zero-order valence-corrected chi connectivity index (χ0v) is 21.2. The normalized spacial score (nSPS) is 25.3. The average molecular weight is 456 g/mol. The number of aliphatic hydroxyl groups is 2. The predicted octanol–water partition coefficient (Wildman–Crippen LogP) is 6.96. The topological polar surface area (TPSA) is 53.4 Å². The van der Waals surface area contributed by atoms with Crippen LogP contribution in [-0.2, 0) is 10.8 Å². The van der Waals surface area contributed by atoms with Crippen LogP contribution in [0, 0.1) is 5.92 Å². The molecule has 1 heterocycles. The van der Waals surface area contributed by atoms with Gasteiger partial charge in [0.05, 0.1) is 23.4 Å². The molecule has 0 amide bonds. The Morgan fingerprint density at radius 2 is 1.72 bits per heavy atom. The van der Waals surface area contributed by atoms with Crippen molar-refractivity contribution in [2.45, 2.75) is 108 Å². The van der Waals surface area contributed by atoms with E-state index in [4.69, 9.17) is 10.1 Å². The zero-order chi connectivity index (χ0) is 22.9. The molecule has 32 heavy (non-hydrogen) atoms. The minimum absolute atomic E-state index is 0.113. The number of thiazole rings is 1. The van der Waals surface area contributed by atoms with Crippen molar-refractivity contribution in [1.82, 2.24) is 4.98 Å². The van der Waals surface area contributed by atoms with Crippen LogP contribution < -0.4 is 0 Å². The second-order valence-corrected chi connectivity index (χ2v) is 12.5. The Morgan fingerprint density at radius 1 is 1.03 bits per heavy atom. The van der Waals surface area contributed by atoms with Crippen molar-refractivity contribution in [3.63, 3.8) is 0 Å². The Labute approximate surface area is 198 Å². The molecule has 0 unspecified atom stereocenters. The van der Waals surface area contributed by atoms with Gasteiger partial charge in [-0.3, -0.25) is 0 Å². The summed E-state index contributed by atoms with van der Waals surface area (Å²) in [6.45, 7) is 9.43. The predicted molar refractivity (Wildman–Crippen MR) is 134 cm³/mol. The van der Waals surface area contributed by atoms with Crippen molar-refractivity contribution in [3.8, 4) is 11.3 Å². The van der Waals surface area contributed by atoms with E-state index in [1.54, 1.807) is 0 Å². The third-order valence-corrected chi connectivity index (χ3v) is 9.23. The van der Waals surface area contributed by atoms with Gasteiger partial charge in [-0.2, -0.15) is 0 Å². The number of fused-ring (bicyclic) bond motifs is 1. The van der Waals surface area contributed by atoms with Gasteiger partial charge in [0.15, 0.2) is 0 Å². The third-order valence-electron chi connectivity index (χ3n) is 8.23. The molecule has 2 aromatic rings. The van der Waals surface area contributed by atoms with Crippen LogP contribution in [-0.4, -0.2) is 27.9 Å². The second-order valence-electron chi connectivity index (χ2n) is 11.6. The van der Waals surface area contributed by atoms with E-state index in [0.29, 0.717) is 5.92 Å². The lowest BCUT2D eigenvalue weighted by molar-refractivity contribution is 0.0843. The highest BCUT2D eigenvalue weighted by Crippen LogP contribution is 2.47. The second kappa shape index (κ2) is 9.56. The SMILES string of the molecule is CC1(C)CCC(C)(C)c2cc(-c3csc(C4CCC(CCC[C@H](O)CO)CC4)n3)ccc21. The molecule has 1 atom stereocenters. The summed E-state index contributed by atoms with van der Waals surface area (Å²) in [5.74, 6) is 1.36. The van der Waals surface area contributed by atoms with Crippen molar-refractivity contribution in [3.05, 3.63) is 39.7 Å². The van der Waals surface area contributed by atoms with Gasteiger partial charge in [-0.1, -0.05) is 52.7 Å². The van der Waals surface area contributed by atoms with E-state index in [1.165, 1.54) is 66.6 Å². The first-order valence-electron chi connectivity index (χ1n) is 12.6. The Hall–Kier alpha value is -1.23. The van der Waals surface area contributed by atoms with Crippen molar-refractivity contribution >= 4 is 11.3 Å². The molecule has 1 aromatic carbocycles. The quantitative estimate of drug-likeness (QED) is 0.474. The molecule has 0 radical (unpaired) electrons.